The maximum atomic E-state index is 12.8. The van der Waals surface area contributed by atoms with Gasteiger partial charge in [0.15, 0.2) is 12.1 Å². The van der Waals surface area contributed by atoms with Gasteiger partial charge in [0.2, 0.25) is 0 Å². The van der Waals surface area contributed by atoms with Crippen LogP contribution >= 0.6 is 0 Å². The second-order valence-electron chi connectivity index (χ2n) is 7.96. The molecule has 26 heavy (non-hydrogen) atoms. The molecule has 0 aliphatic carbocycles. The highest BCUT2D eigenvalue weighted by atomic mass is 16.6. The number of esters is 1. The van der Waals surface area contributed by atoms with Gasteiger partial charge in [0.1, 0.15) is 18.1 Å². The summed E-state index contributed by atoms with van der Waals surface area (Å²) in [5.41, 5.74) is 0.800. The average molecular weight is 362 g/mol. The normalized spacial score (nSPS) is 34.5. The molecular formula is C21H32NO4+. The number of unbranched alkanes of at least 4 members (excludes halogenated alkanes) is 1. The predicted octanol–water partition coefficient (Wildman–Crippen LogP) is 2.48. The first kappa shape index (κ1) is 19.3. The van der Waals surface area contributed by atoms with Gasteiger partial charge in [0.05, 0.1) is 26.8 Å². The molecule has 0 aromatic heterocycles. The van der Waals surface area contributed by atoms with Crippen molar-refractivity contribution in [3.05, 3.63) is 35.9 Å². The van der Waals surface area contributed by atoms with Crippen LogP contribution in [-0.2, 0) is 14.3 Å². The van der Waals surface area contributed by atoms with E-state index in [1.165, 1.54) is 6.42 Å². The summed E-state index contributed by atoms with van der Waals surface area (Å²) in [4.78, 5) is 12.8. The first-order valence-corrected chi connectivity index (χ1v) is 9.84. The van der Waals surface area contributed by atoms with Crippen molar-refractivity contribution in [2.24, 2.45) is 0 Å². The van der Waals surface area contributed by atoms with Gasteiger partial charge in [-0.15, -0.1) is 0 Å². The minimum absolute atomic E-state index is 0.0673. The molecule has 1 aromatic rings. The lowest BCUT2D eigenvalue weighted by Crippen LogP contribution is -2.64. The van der Waals surface area contributed by atoms with E-state index in [4.69, 9.17) is 9.47 Å². The third-order valence-corrected chi connectivity index (χ3v) is 6.36. The summed E-state index contributed by atoms with van der Waals surface area (Å²) in [5, 5.41) is 9.75. The van der Waals surface area contributed by atoms with E-state index in [1.807, 2.05) is 30.3 Å². The lowest BCUT2D eigenvalue weighted by molar-refractivity contribution is -0.956. The third kappa shape index (κ3) is 3.53. The van der Waals surface area contributed by atoms with E-state index in [2.05, 4.69) is 20.9 Å². The van der Waals surface area contributed by atoms with Crippen LogP contribution in [-0.4, -0.2) is 66.7 Å². The maximum absolute atomic E-state index is 12.8. The molecule has 0 saturated carbocycles. The van der Waals surface area contributed by atoms with E-state index in [0.29, 0.717) is 6.04 Å². The lowest BCUT2D eigenvalue weighted by Gasteiger charge is -2.47. The molecule has 2 heterocycles. The van der Waals surface area contributed by atoms with Crippen LogP contribution in [0.15, 0.2) is 30.3 Å². The van der Waals surface area contributed by atoms with E-state index in [1.54, 1.807) is 0 Å². The van der Waals surface area contributed by atoms with Crippen LogP contribution in [0.5, 0.6) is 0 Å². The van der Waals surface area contributed by atoms with E-state index < -0.39 is 5.92 Å². The number of quaternary nitrogens is 1. The molecule has 0 amide bonds. The Labute approximate surface area is 156 Å². The standard InChI is InChI=1S/C21H32NO4/c1-4-5-11-22(3)17-12-19(20(22)15(2)25-14-17)26-21(24)18(13-23)16-9-7-6-8-10-16/h6-10,15,17-20,23H,4-5,11-14H2,1-3H3/q+1/t15-,17+,18?,19?,20-,22?/m1/s1. The number of carbonyl (C=O) groups is 1. The van der Waals surface area contributed by atoms with Crippen LogP contribution in [0.25, 0.3) is 0 Å². The zero-order valence-electron chi connectivity index (χ0n) is 16.1. The number of hydrogen-bond acceptors (Lipinski definition) is 4. The van der Waals surface area contributed by atoms with Crippen molar-refractivity contribution in [3.63, 3.8) is 0 Å². The number of hydrogen-bond donors (Lipinski definition) is 1. The van der Waals surface area contributed by atoms with Gasteiger partial charge in [0, 0.05) is 6.42 Å². The molecule has 2 saturated heterocycles. The Morgan fingerprint density at radius 2 is 2.12 bits per heavy atom. The van der Waals surface area contributed by atoms with Crippen molar-refractivity contribution in [2.75, 3.05) is 26.8 Å². The van der Waals surface area contributed by atoms with Crippen LogP contribution in [0.3, 0.4) is 0 Å². The van der Waals surface area contributed by atoms with Crippen molar-refractivity contribution in [1.82, 2.24) is 0 Å². The Balaban J connectivity index is 1.76. The van der Waals surface area contributed by atoms with Gasteiger partial charge in [0.25, 0.3) is 0 Å². The highest BCUT2D eigenvalue weighted by Crippen LogP contribution is 2.41. The van der Waals surface area contributed by atoms with Gasteiger partial charge in [-0.25, -0.2) is 0 Å². The van der Waals surface area contributed by atoms with Gasteiger partial charge in [-0.2, -0.15) is 0 Å². The van der Waals surface area contributed by atoms with Crippen molar-refractivity contribution in [1.29, 1.82) is 0 Å². The fraction of sp³-hybridized carbons (Fsp3) is 0.667. The summed E-state index contributed by atoms with van der Waals surface area (Å²) in [5.74, 6) is -0.951. The van der Waals surface area contributed by atoms with Crippen LogP contribution < -0.4 is 0 Å². The zero-order valence-corrected chi connectivity index (χ0v) is 16.1. The van der Waals surface area contributed by atoms with E-state index in [-0.39, 0.29) is 30.8 Å². The molecule has 0 spiro atoms. The van der Waals surface area contributed by atoms with Crippen LogP contribution in [0.4, 0.5) is 0 Å². The SMILES string of the molecule is CCCC[N+]1(C)[C@@H]2CO[C@H](C)[C@@H]1C(OC(=O)C(CO)c1ccccc1)C2. The number of carbonyl (C=O) groups excluding carboxylic acids is 1. The zero-order chi connectivity index (χ0) is 18.7. The number of morpholine rings is 1. The lowest BCUT2D eigenvalue weighted by atomic mass is 9.99. The third-order valence-electron chi connectivity index (χ3n) is 6.36. The molecule has 5 heteroatoms. The van der Waals surface area contributed by atoms with Crippen molar-refractivity contribution >= 4 is 5.97 Å². The minimum atomic E-state index is -0.623. The Morgan fingerprint density at radius 1 is 1.38 bits per heavy atom. The summed E-state index contributed by atoms with van der Waals surface area (Å²) in [6.07, 6.45) is 3.09. The number of fused-ring (bicyclic) bond motifs is 2. The van der Waals surface area contributed by atoms with E-state index in [9.17, 15) is 9.90 Å². The van der Waals surface area contributed by atoms with Crippen molar-refractivity contribution in [3.8, 4) is 0 Å². The van der Waals surface area contributed by atoms with Gasteiger partial charge >= 0.3 is 5.97 Å². The average Bonchev–Trinajstić information content (AvgIpc) is 2.78. The fourth-order valence-electron chi connectivity index (χ4n) is 4.83. The Hall–Kier alpha value is -1.43. The van der Waals surface area contributed by atoms with Crippen molar-refractivity contribution < 1.29 is 23.9 Å². The summed E-state index contributed by atoms with van der Waals surface area (Å²) >= 11 is 0. The number of likely N-dealkylation sites (N-methyl/N-ethyl adjacent to an activating group) is 1. The molecule has 3 rings (SSSR count). The molecule has 144 valence electrons. The molecule has 2 aliphatic rings. The number of aliphatic hydroxyl groups excluding tert-OH is 1. The molecule has 2 fully saturated rings. The fourth-order valence-corrected chi connectivity index (χ4v) is 4.83. The number of ether oxygens (including phenoxy) is 2. The summed E-state index contributed by atoms with van der Waals surface area (Å²) in [7, 11) is 2.29. The maximum Gasteiger partial charge on any atom is 0.316 e. The monoisotopic (exact) mass is 362 g/mol. The second kappa shape index (κ2) is 8.07. The van der Waals surface area contributed by atoms with Gasteiger partial charge in [-0.05, 0) is 18.9 Å². The van der Waals surface area contributed by atoms with Crippen molar-refractivity contribution in [2.45, 2.75) is 63.3 Å². The molecule has 2 aliphatic heterocycles. The van der Waals surface area contributed by atoms with Crippen LogP contribution in [0.1, 0.15) is 44.6 Å². The molecule has 3 unspecified atom stereocenters. The van der Waals surface area contributed by atoms with Crippen LogP contribution in [0.2, 0.25) is 0 Å². The first-order valence-electron chi connectivity index (χ1n) is 9.84. The minimum Gasteiger partial charge on any atom is -0.455 e. The highest BCUT2D eigenvalue weighted by molar-refractivity contribution is 5.78. The number of aliphatic hydroxyl groups is 1. The summed E-state index contributed by atoms with van der Waals surface area (Å²) in [6.45, 7) is 5.89. The number of rotatable bonds is 7. The molecule has 2 bridgehead atoms. The Bertz CT molecular complexity index is 607. The van der Waals surface area contributed by atoms with Gasteiger partial charge < -0.3 is 19.1 Å². The number of benzene rings is 1. The van der Waals surface area contributed by atoms with E-state index >= 15 is 0 Å². The topological polar surface area (TPSA) is 55.8 Å². The van der Waals surface area contributed by atoms with Gasteiger partial charge in [-0.1, -0.05) is 43.7 Å². The molecule has 5 nitrogen and oxygen atoms in total. The Kier molecular flexibility index (Phi) is 6.00. The quantitative estimate of drug-likeness (QED) is 0.598. The highest BCUT2D eigenvalue weighted by Gasteiger charge is 2.59. The molecule has 1 aromatic carbocycles. The van der Waals surface area contributed by atoms with Gasteiger partial charge in [-0.3, -0.25) is 4.79 Å². The molecule has 1 N–H and O–H groups in total. The Morgan fingerprint density at radius 3 is 2.77 bits per heavy atom. The largest absolute Gasteiger partial charge is 0.455 e. The summed E-state index contributed by atoms with van der Waals surface area (Å²) < 4.78 is 12.9. The smallest absolute Gasteiger partial charge is 0.316 e. The first-order chi connectivity index (χ1) is 12.5. The summed E-state index contributed by atoms with van der Waals surface area (Å²) in [6, 6.07) is 9.93. The second-order valence-corrected chi connectivity index (χ2v) is 7.96. The predicted molar refractivity (Wildman–Crippen MR) is 99.7 cm³/mol. The molecular weight excluding hydrogens is 330 g/mol. The molecule has 6 atom stereocenters. The number of nitrogens with zero attached hydrogens (tertiary/aromatic N) is 1. The van der Waals surface area contributed by atoms with Crippen LogP contribution in [0, 0.1) is 0 Å². The molecule has 0 radical (unpaired) electrons. The van der Waals surface area contributed by atoms with E-state index in [0.717, 1.165) is 36.0 Å².